The summed E-state index contributed by atoms with van der Waals surface area (Å²) in [4.78, 5) is 12.4. The van der Waals surface area contributed by atoms with Crippen LogP contribution >= 0.6 is 0 Å². The van der Waals surface area contributed by atoms with Gasteiger partial charge >= 0.3 is 0 Å². The van der Waals surface area contributed by atoms with Crippen LogP contribution < -0.4 is 10.1 Å². The fraction of sp³-hybridized carbons (Fsp3) is 0.167. The number of ether oxygens (including phenoxy) is 1. The monoisotopic (exact) mass is 457 g/mol. The number of methoxy groups -OCH3 is 1. The molecule has 33 heavy (non-hydrogen) atoms. The zero-order valence-corrected chi connectivity index (χ0v) is 17.9. The minimum Gasteiger partial charge on any atom is -0.496 e. The van der Waals surface area contributed by atoms with Gasteiger partial charge in [0.25, 0.3) is 5.91 Å². The van der Waals surface area contributed by atoms with Gasteiger partial charge in [-0.2, -0.15) is 5.10 Å². The number of carbonyl (C=O) groups excluding carboxylic acids is 1. The van der Waals surface area contributed by atoms with E-state index in [1.165, 1.54) is 0 Å². The summed E-state index contributed by atoms with van der Waals surface area (Å²) in [6.45, 7) is 4.17. The molecule has 0 atom stereocenters. The number of hydrogen-bond donors (Lipinski definition) is 2. The summed E-state index contributed by atoms with van der Waals surface area (Å²) in [5.41, 5.74) is 2.40. The van der Waals surface area contributed by atoms with E-state index in [1.807, 2.05) is 18.2 Å². The molecule has 0 bridgehead atoms. The minimum absolute atomic E-state index is 0.0222. The Kier molecular flexibility index (Phi) is 5.80. The lowest BCUT2D eigenvalue weighted by molar-refractivity contribution is 0.102. The van der Waals surface area contributed by atoms with Crippen LogP contribution in [0.4, 0.5) is 23.4 Å². The van der Waals surface area contributed by atoms with E-state index in [-0.39, 0.29) is 5.82 Å². The van der Waals surface area contributed by atoms with Crippen molar-refractivity contribution >= 4 is 22.6 Å². The largest absolute Gasteiger partial charge is 0.496 e. The quantitative estimate of drug-likeness (QED) is 0.214. The van der Waals surface area contributed by atoms with Crippen LogP contribution in [0.1, 0.15) is 35.7 Å². The first kappa shape index (κ1) is 22.3. The number of H-pyrrole nitrogens is 1. The van der Waals surface area contributed by atoms with Crippen molar-refractivity contribution in [2.75, 3.05) is 12.4 Å². The molecule has 0 spiro atoms. The molecule has 1 heterocycles. The second kappa shape index (κ2) is 8.57. The Labute approximate surface area is 186 Å². The molecule has 0 aliphatic carbocycles. The molecule has 1 aromatic heterocycles. The average molecular weight is 457 g/mol. The summed E-state index contributed by atoms with van der Waals surface area (Å²) in [5, 5.41) is 9.55. The molecular formula is C24H19F4N3O2. The van der Waals surface area contributed by atoms with E-state index in [9.17, 15) is 22.4 Å². The summed E-state index contributed by atoms with van der Waals surface area (Å²) in [6.07, 6.45) is 0. The van der Waals surface area contributed by atoms with Crippen molar-refractivity contribution in [3.63, 3.8) is 0 Å². The lowest BCUT2D eigenvalue weighted by Gasteiger charge is -2.13. The lowest BCUT2D eigenvalue weighted by atomic mass is 9.96. The molecule has 5 nitrogen and oxygen atoms in total. The molecule has 2 N–H and O–H groups in total. The van der Waals surface area contributed by atoms with Crippen molar-refractivity contribution in [3.05, 3.63) is 76.9 Å². The molecule has 9 heteroatoms. The Bertz CT molecular complexity index is 1380. The van der Waals surface area contributed by atoms with E-state index in [0.717, 1.165) is 16.7 Å². The van der Waals surface area contributed by atoms with E-state index in [0.29, 0.717) is 28.6 Å². The van der Waals surface area contributed by atoms with Crippen LogP contribution in [0.15, 0.2) is 42.5 Å². The molecular weight excluding hydrogens is 438 g/mol. The van der Waals surface area contributed by atoms with Gasteiger partial charge in [0.15, 0.2) is 29.1 Å². The molecule has 3 aromatic carbocycles. The SMILES string of the molecule is COc1ccc(C(C)C)cc1-c1ccc2c(NC(=O)c3cc(F)c(F)c(F)c3F)n[nH]c2c1. The Balaban J connectivity index is 1.69. The van der Waals surface area contributed by atoms with Crippen LogP contribution in [0.25, 0.3) is 22.0 Å². The van der Waals surface area contributed by atoms with Gasteiger partial charge in [0, 0.05) is 10.9 Å². The van der Waals surface area contributed by atoms with Crippen molar-refractivity contribution in [2.45, 2.75) is 19.8 Å². The first-order chi connectivity index (χ1) is 15.7. The van der Waals surface area contributed by atoms with Gasteiger partial charge in [-0.15, -0.1) is 0 Å². The number of rotatable bonds is 5. The van der Waals surface area contributed by atoms with Gasteiger partial charge in [0.1, 0.15) is 5.75 Å². The molecule has 0 saturated heterocycles. The fourth-order valence-electron chi connectivity index (χ4n) is 3.51. The number of hydrogen-bond acceptors (Lipinski definition) is 3. The van der Waals surface area contributed by atoms with Crippen LogP contribution in [0, 0.1) is 23.3 Å². The number of nitrogens with one attached hydrogen (secondary N) is 2. The molecule has 0 unspecified atom stereocenters. The van der Waals surface area contributed by atoms with Crippen molar-refractivity contribution < 1.29 is 27.1 Å². The van der Waals surface area contributed by atoms with Crippen LogP contribution in [-0.2, 0) is 0 Å². The summed E-state index contributed by atoms with van der Waals surface area (Å²) >= 11 is 0. The molecule has 170 valence electrons. The van der Waals surface area contributed by atoms with Gasteiger partial charge in [-0.3, -0.25) is 9.89 Å². The first-order valence-electron chi connectivity index (χ1n) is 10.0. The van der Waals surface area contributed by atoms with Crippen LogP contribution in [-0.4, -0.2) is 23.2 Å². The molecule has 0 aliphatic heterocycles. The summed E-state index contributed by atoms with van der Waals surface area (Å²) in [7, 11) is 1.58. The minimum atomic E-state index is -2.06. The maximum Gasteiger partial charge on any atom is 0.260 e. The van der Waals surface area contributed by atoms with E-state index in [2.05, 4.69) is 29.4 Å². The number of amides is 1. The Morgan fingerprint density at radius 2 is 1.76 bits per heavy atom. The highest BCUT2D eigenvalue weighted by Gasteiger charge is 2.24. The molecule has 0 radical (unpaired) electrons. The van der Waals surface area contributed by atoms with E-state index in [1.54, 1.807) is 25.3 Å². The highest BCUT2D eigenvalue weighted by molar-refractivity contribution is 6.08. The smallest absolute Gasteiger partial charge is 0.260 e. The maximum atomic E-state index is 14.0. The van der Waals surface area contributed by atoms with E-state index in [4.69, 9.17) is 4.74 Å². The third-order valence-electron chi connectivity index (χ3n) is 5.34. The van der Waals surface area contributed by atoms with Gasteiger partial charge in [0.05, 0.1) is 18.2 Å². The third kappa shape index (κ3) is 4.02. The highest BCUT2D eigenvalue weighted by atomic mass is 19.2. The molecule has 0 saturated carbocycles. The number of halogens is 4. The molecule has 4 aromatic rings. The Morgan fingerprint density at radius 1 is 1.00 bits per heavy atom. The number of anilines is 1. The summed E-state index contributed by atoms with van der Waals surface area (Å²) in [6, 6.07) is 11.5. The first-order valence-corrected chi connectivity index (χ1v) is 10.0. The van der Waals surface area contributed by atoms with Gasteiger partial charge < -0.3 is 10.1 Å². The van der Waals surface area contributed by atoms with Crippen molar-refractivity contribution in [1.29, 1.82) is 0 Å². The topological polar surface area (TPSA) is 67.0 Å². The number of nitrogens with zero attached hydrogens (tertiary/aromatic N) is 1. The van der Waals surface area contributed by atoms with E-state index < -0.39 is 34.7 Å². The molecule has 4 rings (SSSR count). The number of aromatic amines is 1. The van der Waals surface area contributed by atoms with Crippen LogP contribution in [0.5, 0.6) is 5.75 Å². The summed E-state index contributed by atoms with van der Waals surface area (Å²) < 4.78 is 59.6. The average Bonchev–Trinajstić information content (AvgIpc) is 3.21. The Hall–Kier alpha value is -3.88. The van der Waals surface area contributed by atoms with Crippen LogP contribution in [0.3, 0.4) is 0 Å². The molecule has 0 fully saturated rings. The lowest BCUT2D eigenvalue weighted by Crippen LogP contribution is -2.16. The predicted molar refractivity (Wildman–Crippen MR) is 116 cm³/mol. The number of carbonyl (C=O) groups is 1. The van der Waals surface area contributed by atoms with Gasteiger partial charge in [0.2, 0.25) is 0 Å². The Morgan fingerprint density at radius 3 is 2.45 bits per heavy atom. The standard InChI is InChI=1S/C24H19F4N3O2/c1-11(2)12-5-7-19(33-3)15(8-12)13-4-6-14-18(9-13)30-31-23(14)29-24(32)16-10-17(25)21(27)22(28)20(16)26/h4-11H,1-3H3,(H2,29,30,31,32). The zero-order chi connectivity index (χ0) is 23.9. The second-order valence-corrected chi connectivity index (χ2v) is 7.75. The normalized spacial score (nSPS) is 11.3. The number of benzene rings is 3. The van der Waals surface area contributed by atoms with Crippen LogP contribution in [0.2, 0.25) is 0 Å². The van der Waals surface area contributed by atoms with Crippen molar-refractivity contribution in [2.24, 2.45) is 0 Å². The van der Waals surface area contributed by atoms with Crippen molar-refractivity contribution in [3.8, 4) is 16.9 Å². The number of fused-ring (bicyclic) bond motifs is 1. The molecule has 0 aliphatic rings. The van der Waals surface area contributed by atoms with Gasteiger partial charge in [-0.25, -0.2) is 17.6 Å². The third-order valence-corrected chi connectivity index (χ3v) is 5.34. The predicted octanol–water partition coefficient (Wildman–Crippen LogP) is 6.17. The summed E-state index contributed by atoms with van der Waals surface area (Å²) in [5.74, 6) is -7.66. The number of aromatic nitrogens is 2. The highest BCUT2D eigenvalue weighted by Crippen LogP contribution is 2.35. The maximum absolute atomic E-state index is 14.0. The zero-order valence-electron chi connectivity index (χ0n) is 17.9. The van der Waals surface area contributed by atoms with Gasteiger partial charge in [-0.1, -0.05) is 26.0 Å². The fourth-order valence-corrected chi connectivity index (χ4v) is 3.51. The molecule has 1 amide bonds. The van der Waals surface area contributed by atoms with E-state index >= 15 is 0 Å². The van der Waals surface area contributed by atoms with Gasteiger partial charge in [-0.05, 0) is 47.4 Å². The van der Waals surface area contributed by atoms with Crippen molar-refractivity contribution in [1.82, 2.24) is 10.2 Å². The second-order valence-electron chi connectivity index (χ2n) is 7.75.